The molecule has 1 fully saturated rings. The van der Waals surface area contributed by atoms with Crippen molar-refractivity contribution in [3.63, 3.8) is 0 Å². The van der Waals surface area contributed by atoms with Crippen molar-refractivity contribution in [2.75, 3.05) is 19.6 Å². The number of hydrogen-bond acceptors (Lipinski definition) is 2. The summed E-state index contributed by atoms with van der Waals surface area (Å²) in [6.45, 7) is 10.6. The molecule has 0 spiro atoms. The van der Waals surface area contributed by atoms with E-state index in [1.54, 1.807) is 0 Å². The maximum absolute atomic E-state index is 4.79. The SMILES string of the molecule is CCNC(=NCc1ccc(C)s1)N1CCC(C)CC1.I. The highest BCUT2D eigenvalue weighted by atomic mass is 127. The lowest BCUT2D eigenvalue weighted by Gasteiger charge is -2.32. The van der Waals surface area contributed by atoms with Gasteiger partial charge in [-0.15, -0.1) is 35.3 Å². The molecule has 1 saturated heterocycles. The number of halogens is 1. The average molecular weight is 407 g/mol. The highest BCUT2D eigenvalue weighted by Gasteiger charge is 2.18. The van der Waals surface area contributed by atoms with Gasteiger partial charge < -0.3 is 10.2 Å². The van der Waals surface area contributed by atoms with E-state index < -0.39 is 0 Å². The summed E-state index contributed by atoms with van der Waals surface area (Å²) in [6, 6.07) is 4.36. The fraction of sp³-hybridized carbons (Fsp3) is 0.667. The van der Waals surface area contributed by atoms with Crippen molar-refractivity contribution in [3.05, 3.63) is 21.9 Å². The zero-order chi connectivity index (χ0) is 13.7. The lowest BCUT2D eigenvalue weighted by Crippen LogP contribution is -2.45. The Kier molecular flexibility index (Phi) is 7.87. The normalized spacial score (nSPS) is 16.9. The Balaban J connectivity index is 0.00000200. The maximum atomic E-state index is 4.79. The first-order chi connectivity index (χ1) is 9.19. The van der Waals surface area contributed by atoms with Crippen molar-refractivity contribution in [2.45, 2.75) is 40.2 Å². The molecule has 0 radical (unpaired) electrons. The van der Waals surface area contributed by atoms with Crippen LogP contribution >= 0.6 is 35.3 Å². The molecule has 2 rings (SSSR count). The van der Waals surface area contributed by atoms with Crippen LogP contribution in [0.25, 0.3) is 0 Å². The van der Waals surface area contributed by atoms with Gasteiger partial charge in [0.15, 0.2) is 5.96 Å². The van der Waals surface area contributed by atoms with Crippen LogP contribution in [0.2, 0.25) is 0 Å². The van der Waals surface area contributed by atoms with Gasteiger partial charge in [0.05, 0.1) is 6.54 Å². The van der Waals surface area contributed by atoms with Crippen LogP contribution in [0, 0.1) is 12.8 Å². The number of nitrogens with zero attached hydrogens (tertiary/aromatic N) is 2. The summed E-state index contributed by atoms with van der Waals surface area (Å²) in [5, 5.41) is 3.42. The van der Waals surface area contributed by atoms with E-state index in [1.165, 1.54) is 22.6 Å². The largest absolute Gasteiger partial charge is 0.357 e. The van der Waals surface area contributed by atoms with Crippen LogP contribution in [0.1, 0.15) is 36.4 Å². The van der Waals surface area contributed by atoms with Gasteiger partial charge in [0.25, 0.3) is 0 Å². The number of hydrogen-bond donors (Lipinski definition) is 1. The Morgan fingerprint density at radius 1 is 1.40 bits per heavy atom. The molecule has 5 heteroatoms. The summed E-state index contributed by atoms with van der Waals surface area (Å²) in [6.07, 6.45) is 2.56. The van der Waals surface area contributed by atoms with Crippen molar-refractivity contribution in [1.82, 2.24) is 10.2 Å². The summed E-state index contributed by atoms with van der Waals surface area (Å²) in [5.41, 5.74) is 0. The lowest BCUT2D eigenvalue weighted by molar-refractivity contribution is 0.273. The Labute approximate surface area is 143 Å². The fourth-order valence-electron chi connectivity index (χ4n) is 2.37. The summed E-state index contributed by atoms with van der Waals surface area (Å²) in [7, 11) is 0. The Morgan fingerprint density at radius 2 is 2.10 bits per heavy atom. The van der Waals surface area contributed by atoms with E-state index in [-0.39, 0.29) is 24.0 Å². The number of guanidine groups is 1. The van der Waals surface area contributed by atoms with E-state index in [9.17, 15) is 0 Å². The van der Waals surface area contributed by atoms with Gasteiger partial charge in [-0.05, 0) is 44.7 Å². The zero-order valence-electron chi connectivity index (χ0n) is 12.7. The number of thiophene rings is 1. The van der Waals surface area contributed by atoms with Crippen LogP contribution in [-0.4, -0.2) is 30.5 Å². The van der Waals surface area contributed by atoms with Crippen molar-refractivity contribution in [3.8, 4) is 0 Å². The number of aliphatic imine (C=N–C) groups is 1. The topological polar surface area (TPSA) is 27.6 Å². The van der Waals surface area contributed by atoms with Gasteiger partial charge >= 0.3 is 0 Å². The molecule has 0 aromatic carbocycles. The third-order valence-electron chi connectivity index (χ3n) is 3.60. The van der Waals surface area contributed by atoms with Crippen LogP contribution in [-0.2, 0) is 6.54 Å². The minimum absolute atomic E-state index is 0. The summed E-state index contributed by atoms with van der Waals surface area (Å²) in [5.74, 6) is 1.94. The molecule has 0 aliphatic carbocycles. The van der Waals surface area contributed by atoms with Crippen LogP contribution < -0.4 is 5.32 Å². The molecule has 1 aromatic rings. The van der Waals surface area contributed by atoms with Crippen molar-refractivity contribution in [2.24, 2.45) is 10.9 Å². The van der Waals surface area contributed by atoms with Crippen LogP contribution in [0.5, 0.6) is 0 Å². The van der Waals surface area contributed by atoms with Crippen molar-refractivity contribution < 1.29 is 0 Å². The Morgan fingerprint density at radius 3 is 2.65 bits per heavy atom. The Hall–Kier alpha value is -0.300. The third-order valence-corrected chi connectivity index (χ3v) is 4.58. The van der Waals surface area contributed by atoms with Crippen molar-refractivity contribution >= 4 is 41.3 Å². The predicted octanol–water partition coefficient (Wildman–Crippen LogP) is 3.87. The molecule has 114 valence electrons. The molecule has 3 nitrogen and oxygen atoms in total. The van der Waals surface area contributed by atoms with E-state index >= 15 is 0 Å². The van der Waals surface area contributed by atoms with E-state index in [0.717, 1.165) is 38.1 Å². The van der Waals surface area contributed by atoms with Gasteiger partial charge in [0.1, 0.15) is 0 Å². The van der Waals surface area contributed by atoms with Gasteiger partial charge in [-0.25, -0.2) is 4.99 Å². The number of likely N-dealkylation sites (tertiary alicyclic amines) is 1. The van der Waals surface area contributed by atoms with Crippen LogP contribution in [0.3, 0.4) is 0 Å². The fourth-order valence-corrected chi connectivity index (χ4v) is 3.18. The van der Waals surface area contributed by atoms with Gasteiger partial charge in [0.2, 0.25) is 0 Å². The lowest BCUT2D eigenvalue weighted by atomic mass is 10.00. The van der Waals surface area contributed by atoms with E-state index in [0.29, 0.717) is 0 Å². The minimum atomic E-state index is 0. The zero-order valence-corrected chi connectivity index (χ0v) is 15.8. The molecule has 0 unspecified atom stereocenters. The standard InChI is InChI=1S/C15H25N3S.HI/c1-4-16-15(18-9-7-12(2)8-10-18)17-11-14-6-5-13(3)19-14;/h5-6,12H,4,7-11H2,1-3H3,(H,16,17);1H. The van der Waals surface area contributed by atoms with Crippen LogP contribution in [0.15, 0.2) is 17.1 Å². The number of aryl methyl sites for hydroxylation is 1. The molecule has 0 amide bonds. The molecule has 0 saturated carbocycles. The third kappa shape index (κ3) is 5.24. The van der Waals surface area contributed by atoms with E-state index in [2.05, 4.69) is 43.1 Å². The smallest absolute Gasteiger partial charge is 0.194 e. The van der Waals surface area contributed by atoms with Gasteiger partial charge in [-0.2, -0.15) is 0 Å². The highest BCUT2D eigenvalue weighted by Crippen LogP contribution is 2.18. The van der Waals surface area contributed by atoms with E-state index in [1.807, 2.05) is 11.3 Å². The van der Waals surface area contributed by atoms with E-state index in [4.69, 9.17) is 4.99 Å². The first kappa shape index (κ1) is 17.8. The predicted molar refractivity (Wildman–Crippen MR) is 99.3 cm³/mol. The van der Waals surface area contributed by atoms with Gasteiger partial charge in [0, 0.05) is 29.4 Å². The van der Waals surface area contributed by atoms with Gasteiger partial charge in [-0.3, -0.25) is 0 Å². The molecular formula is C15H26IN3S. The summed E-state index contributed by atoms with van der Waals surface area (Å²) < 4.78 is 0. The molecule has 1 aliphatic heterocycles. The molecule has 1 aromatic heterocycles. The molecule has 0 bridgehead atoms. The van der Waals surface area contributed by atoms with Gasteiger partial charge in [-0.1, -0.05) is 6.92 Å². The molecule has 2 heterocycles. The van der Waals surface area contributed by atoms with Crippen LogP contribution in [0.4, 0.5) is 0 Å². The summed E-state index contributed by atoms with van der Waals surface area (Å²) in [4.78, 5) is 9.90. The number of nitrogens with one attached hydrogen (secondary N) is 1. The second kappa shape index (κ2) is 8.87. The molecular weight excluding hydrogens is 381 g/mol. The second-order valence-electron chi connectivity index (χ2n) is 5.35. The first-order valence-corrected chi connectivity index (χ1v) is 8.09. The maximum Gasteiger partial charge on any atom is 0.194 e. The number of piperidine rings is 1. The first-order valence-electron chi connectivity index (χ1n) is 7.27. The number of rotatable bonds is 3. The monoisotopic (exact) mass is 407 g/mol. The second-order valence-corrected chi connectivity index (χ2v) is 6.72. The minimum Gasteiger partial charge on any atom is -0.357 e. The molecule has 20 heavy (non-hydrogen) atoms. The quantitative estimate of drug-likeness (QED) is 0.468. The average Bonchev–Trinajstić information content (AvgIpc) is 2.81. The van der Waals surface area contributed by atoms with Crippen molar-refractivity contribution in [1.29, 1.82) is 0 Å². The molecule has 1 aliphatic rings. The molecule has 0 atom stereocenters. The summed E-state index contributed by atoms with van der Waals surface area (Å²) >= 11 is 1.84. The highest BCUT2D eigenvalue weighted by molar-refractivity contribution is 14.0. The Bertz CT molecular complexity index is 423. The molecule has 1 N–H and O–H groups in total.